The Bertz CT molecular complexity index is 1290. The molecule has 0 aliphatic heterocycles. The van der Waals surface area contributed by atoms with E-state index in [0.29, 0.717) is 16.6 Å². The predicted molar refractivity (Wildman–Crippen MR) is 115 cm³/mol. The third kappa shape index (κ3) is 3.88. The number of benzene rings is 1. The van der Waals surface area contributed by atoms with Crippen molar-refractivity contribution in [1.29, 1.82) is 5.26 Å². The molecule has 32 heavy (non-hydrogen) atoms. The van der Waals surface area contributed by atoms with E-state index in [9.17, 15) is 19.6 Å². The molecule has 0 saturated carbocycles. The molecule has 3 aromatic rings. The molecule has 0 amide bonds. The number of methoxy groups -OCH3 is 2. The average molecular weight is 438 g/mol. The van der Waals surface area contributed by atoms with Crippen molar-refractivity contribution >= 4 is 34.6 Å². The van der Waals surface area contributed by atoms with Crippen molar-refractivity contribution in [2.75, 3.05) is 20.0 Å². The highest BCUT2D eigenvalue weighted by Crippen LogP contribution is 2.29. The Kier molecular flexibility index (Phi) is 5.68. The van der Waals surface area contributed by atoms with Gasteiger partial charge in [0, 0.05) is 17.3 Å². The van der Waals surface area contributed by atoms with Crippen molar-refractivity contribution < 1.29 is 28.6 Å². The molecular formula is C22H22N4O6. The molecule has 2 aromatic heterocycles. The van der Waals surface area contributed by atoms with Crippen LogP contribution in [0.25, 0.3) is 16.6 Å². The Morgan fingerprint density at radius 2 is 1.72 bits per heavy atom. The Morgan fingerprint density at radius 1 is 1.06 bits per heavy atom. The molecule has 0 radical (unpaired) electrons. The van der Waals surface area contributed by atoms with Gasteiger partial charge in [-0.1, -0.05) is 6.07 Å². The Labute approximate surface area is 183 Å². The van der Waals surface area contributed by atoms with Gasteiger partial charge in [-0.05, 0) is 39.0 Å². The van der Waals surface area contributed by atoms with Crippen molar-refractivity contribution in [2.45, 2.75) is 26.4 Å². The number of ether oxygens (including phenoxy) is 3. The summed E-state index contributed by atoms with van der Waals surface area (Å²) in [6.07, 6.45) is 0.619. The number of rotatable bonds is 3. The molecule has 0 fully saturated rings. The summed E-state index contributed by atoms with van der Waals surface area (Å²) in [5.74, 6) is -1.46. The summed E-state index contributed by atoms with van der Waals surface area (Å²) in [6, 6.07) is 8.30. The molecule has 0 spiro atoms. The summed E-state index contributed by atoms with van der Waals surface area (Å²) in [5.41, 5.74) is 5.89. The average Bonchev–Trinajstić information content (AvgIpc) is 3.28. The van der Waals surface area contributed by atoms with Gasteiger partial charge in [0.15, 0.2) is 5.69 Å². The fraction of sp³-hybridized carbons (Fsp3) is 0.273. The summed E-state index contributed by atoms with van der Waals surface area (Å²) in [5, 5.41) is 9.89. The maximum Gasteiger partial charge on any atom is 0.419 e. The largest absolute Gasteiger partial charge is 0.464 e. The zero-order valence-corrected chi connectivity index (χ0v) is 18.3. The Morgan fingerprint density at radius 3 is 2.28 bits per heavy atom. The molecule has 0 saturated heterocycles. The van der Waals surface area contributed by atoms with Crippen LogP contribution in [0, 0.1) is 11.3 Å². The molecule has 10 heteroatoms. The van der Waals surface area contributed by atoms with Gasteiger partial charge in [-0.3, -0.25) is 0 Å². The van der Waals surface area contributed by atoms with Crippen molar-refractivity contribution in [1.82, 2.24) is 9.13 Å². The van der Waals surface area contributed by atoms with Gasteiger partial charge in [0.05, 0.1) is 31.0 Å². The highest BCUT2D eigenvalue weighted by molar-refractivity contribution is 6.02. The van der Waals surface area contributed by atoms with E-state index in [2.05, 4.69) is 0 Å². The molecule has 0 bridgehead atoms. The van der Waals surface area contributed by atoms with E-state index in [0.717, 1.165) is 4.57 Å². The minimum Gasteiger partial charge on any atom is -0.464 e. The number of nitrogen functional groups attached to an aromatic ring is 1. The molecule has 0 aliphatic carbocycles. The number of carbonyl (C=O) groups is 3. The van der Waals surface area contributed by atoms with Crippen LogP contribution in [0.2, 0.25) is 0 Å². The summed E-state index contributed by atoms with van der Waals surface area (Å²) in [4.78, 5) is 37.6. The smallest absolute Gasteiger partial charge is 0.419 e. The maximum absolute atomic E-state index is 12.9. The monoisotopic (exact) mass is 438 g/mol. The molecule has 166 valence electrons. The number of hydrogen-bond donors (Lipinski definition) is 1. The predicted octanol–water partition coefficient (Wildman–Crippen LogP) is 3.24. The number of nitriles is 1. The zero-order chi connectivity index (χ0) is 23.8. The van der Waals surface area contributed by atoms with Crippen LogP contribution >= 0.6 is 0 Å². The third-order valence-electron chi connectivity index (χ3n) is 4.58. The van der Waals surface area contributed by atoms with Crippen LogP contribution in [-0.4, -0.2) is 47.0 Å². The van der Waals surface area contributed by atoms with E-state index < -0.39 is 23.6 Å². The lowest BCUT2D eigenvalue weighted by atomic mass is 10.2. The van der Waals surface area contributed by atoms with Crippen molar-refractivity contribution in [3.05, 3.63) is 47.4 Å². The number of fused-ring (bicyclic) bond motifs is 1. The number of aromatic nitrogens is 2. The van der Waals surface area contributed by atoms with E-state index >= 15 is 0 Å². The second-order valence-electron chi connectivity index (χ2n) is 7.86. The minimum atomic E-state index is -0.812. The Balaban J connectivity index is 2.29. The van der Waals surface area contributed by atoms with E-state index in [1.54, 1.807) is 39.0 Å². The highest BCUT2D eigenvalue weighted by atomic mass is 16.6. The van der Waals surface area contributed by atoms with Gasteiger partial charge < -0.3 is 24.5 Å². The molecular weight excluding hydrogens is 416 g/mol. The first kappa shape index (κ1) is 22.4. The molecule has 10 nitrogen and oxygen atoms in total. The Hall–Kier alpha value is -4.26. The van der Waals surface area contributed by atoms with Gasteiger partial charge in [-0.2, -0.15) is 5.26 Å². The van der Waals surface area contributed by atoms with Crippen LogP contribution in [0.15, 0.2) is 30.5 Å². The van der Waals surface area contributed by atoms with Gasteiger partial charge in [0.2, 0.25) is 0 Å². The number of anilines is 1. The fourth-order valence-electron chi connectivity index (χ4n) is 3.22. The van der Waals surface area contributed by atoms with Crippen LogP contribution < -0.4 is 5.73 Å². The number of nitrogens with two attached hydrogens (primary N) is 1. The lowest BCUT2D eigenvalue weighted by Crippen LogP contribution is -2.29. The first-order chi connectivity index (χ1) is 15.0. The normalized spacial score (nSPS) is 11.1. The second kappa shape index (κ2) is 8.11. The zero-order valence-electron chi connectivity index (χ0n) is 18.3. The summed E-state index contributed by atoms with van der Waals surface area (Å²) in [7, 11) is 2.41. The summed E-state index contributed by atoms with van der Waals surface area (Å²) in [6.45, 7) is 5.11. The summed E-state index contributed by atoms with van der Waals surface area (Å²) < 4.78 is 17.6. The van der Waals surface area contributed by atoms with E-state index in [-0.39, 0.29) is 22.6 Å². The molecule has 3 rings (SSSR count). The maximum atomic E-state index is 12.9. The molecule has 0 atom stereocenters. The second-order valence-corrected chi connectivity index (χ2v) is 7.86. The molecule has 0 unspecified atom stereocenters. The molecule has 2 N–H and O–H groups in total. The van der Waals surface area contributed by atoms with Crippen LogP contribution in [0.4, 0.5) is 10.5 Å². The quantitative estimate of drug-likeness (QED) is 0.486. The number of esters is 2. The lowest BCUT2D eigenvalue weighted by Gasteiger charge is -2.20. The van der Waals surface area contributed by atoms with Gasteiger partial charge in [0.25, 0.3) is 0 Å². The third-order valence-corrected chi connectivity index (χ3v) is 4.58. The highest BCUT2D eigenvalue weighted by Gasteiger charge is 2.27. The topological polar surface area (TPSA) is 139 Å². The fourth-order valence-corrected chi connectivity index (χ4v) is 3.22. The number of hydrogen-bond acceptors (Lipinski definition) is 8. The van der Waals surface area contributed by atoms with Gasteiger partial charge >= 0.3 is 18.0 Å². The van der Waals surface area contributed by atoms with Crippen LogP contribution in [0.5, 0.6) is 0 Å². The number of carbonyl (C=O) groups excluding carboxylic acids is 3. The number of nitrogens with zero attached hydrogens (tertiary/aromatic N) is 3. The van der Waals surface area contributed by atoms with Crippen LogP contribution in [0.1, 0.15) is 47.3 Å². The van der Waals surface area contributed by atoms with Crippen molar-refractivity contribution in [3.63, 3.8) is 0 Å². The standard InChI is InChI=1S/C22H22N4O6/c1-22(2,3)32-21(29)26-15-9-14(7-6-12(15)8-16(26)19(27)30-4)25-11-13(10-23)17(24)18(25)20(28)31-5/h6-9,11H,24H2,1-5H3. The van der Waals surface area contributed by atoms with Gasteiger partial charge in [-0.15, -0.1) is 0 Å². The summed E-state index contributed by atoms with van der Waals surface area (Å²) >= 11 is 0. The van der Waals surface area contributed by atoms with Gasteiger partial charge in [-0.25, -0.2) is 19.0 Å². The SMILES string of the molecule is COC(=O)c1c(N)c(C#N)cn1-c1ccc2cc(C(=O)OC)n(C(=O)OC(C)(C)C)c2c1. The van der Waals surface area contributed by atoms with Gasteiger partial charge in [0.1, 0.15) is 17.4 Å². The van der Waals surface area contributed by atoms with E-state index in [4.69, 9.17) is 19.9 Å². The van der Waals surface area contributed by atoms with Crippen molar-refractivity contribution in [3.8, 4) is 11.8 Å². The van der Waals surface area contributed by atoms with Crippen LogP contribution in [0.3, 0.4) is 0 Å². The van der Waals surface area contributed by atoms with Crippen molar-refractivity contribution in [2.24, 2.45) is 0 Å². The first-order valence-electron chi connectivity index (χ1n) is 9.49. The van der Waals surface area contributed by atoms with E-state index in [1.165, 1.54) is 31.0 Å². The van der Waals surface area contributed by atoms with E-state index in [1.807, 2.05) is 6.07 Å². The minimum absolute atomic E-state index is 0.0215. The van der Waals surface area contributed by atoms with Crippen LogP contribution in [-0.2, 0) is 14.2 Å². The molecule has 1 aromatic carbocycles. The molecule has 2 heterocycles. The first-order valence-corrected chi connectivity index (χ1v) is 9.49. The molecule has 0 aliphatic rings. The lowest BCUT2D eigenvalue weighted by molar-refractivity contribution is 0.0489.